The lowest BCUT2D eigenvalue weighted by Gasteiger charge is -2.22. The molecule has 30 heavy (non-hydrogen) atoms. The molecule has 2 aromatic rings. The SMILES string of the molecule is Cc1ccc(C2(C)NC(=O)N(CC(=O)c3ccc(N4CCCC4=O)cc3)C2=O)cc1. The zero-order valence-corrected chi connectivity index (χ0v) is 17.0. The minimum atomic E-state index is -1.20. The van der Waals surface area contributed by atoms with E-state index in [0.29, 0.717) is 24.1 Å². The van der Waals surface area contributed by atoms with Crippen LogP contribution in [0.3, 0.4) is 0 Å². The van der Waals surface area contributed by atoms with Gasteiger partial charge in [-0.05, 0) is 50.1 Å². The first-order chi connectivity index (χ1) is 14.3. The molecule has 1 N–H and O–H groups in total. The van der Waals surface area contributed by atoms with Crippen LogP contribution in [0.25, 0.3) is 0 Å². The van der Waals surface area contributed by atoms with Gasteiger partial charge in [0.05, 0.1) is 6.54 Å². The molecule has 2 saturated heterocycles. The van der Waals surface area contributed by atoms with Gasteiger partial charge in [-0.1, -0.05) is 29.8 Å². The maximum Gasteiger partial charge on any atom is 0.325 e. The van der Waals surface area contributed by atoms with E-state index in [1.807, 2.05) is 19.1 Å². The molecule has 0 spiro atoms. The van der Waals surface area contributed by atoms with Gasteiger partial charge in [-0.3, -0.25) is 19.3 Å². The highest BCUT2D eigenvalue weighted by Gasteiger charge is 2.49. The number of aryl methyl sites for hydroxylation is 1. The van der Waals surface area contributed by atoms with E-state index in [1.54, 1.807) is 48.2 Å². The van der Waals surface area contributed by atoms with Gasteiger partial charge in [-0.15, -0.1) is 0 Å². The van der Waals surface area contributed by atoms with E-state index < -0.39 is 17.5 Å². The highest BCUT2D eigenvalue weighted by molar-refractivity contribution is 6.11. The van der Waals surface area contributed by atoms with Crippen molar-refractivity contribution in [3.05, 3.63) is 65.2 Å². The highest BCUT2D eigenvalue weighted by Crippen LogP contribution is 2.29. The summed E-state index contributed by atoms with van der Waals surface area (Å²) in [7, 11) is 0. The van der Waals surface area contributed by atoms with Gasteiger partial charge < -0.3 is 10.2 Å². The van der Waals surface area contributed by atoms with Crippen LogP contribution in [-0.4, -0.2) is 41.6 Å². The zero-order chi connectivity index (χ0) is 21.5. The molecule has 0 aliphatic carbocycles. The van der Waals surface area contributed by atoms with Gasteiger partial charge in [-0.2, -0.15) is 0 Å². The fourth-order valence-corrected chi connectivity index (χ4v) is 3.91. The normalized spacial score (nSPS) is 21.3. The maximum atomic E-state index is 13.0. The highest BCUT2D eigenvalue weighted by atomic mass is 16.2. The van der Waals surface area contributed by atoms with E-state index in [9.17, 15) is 19.2 Å². The van der Waals surface area contributed by atoms with Gasteiger partial charge in [-0.25, -0.2) is 4.79 Å². The number of carbonyl (C=O) groups is 4. The van der Waals surface area contributed by atoms with Gasteiger partial charge in [0.15, 0.2) is 5.78 Å². The number of imide groups is 1. The summed E-state index contributed by atoms with van der Waals surface area (Å²) in [6.07, 6.45) is 1.36. The molecule has 2 aromatic carbocycles. The minimum Gasteiger partial charge on any atom is -0.319 e. The Hall–Kier alpha value is -3.48. The van der Waals surface area contributed by atoms with Crippen molar-refractivity contribution in [2.75, 3.05) is 18.0 Å². The molecule has 2 aliphatic heterocycles. The molecule has 2 heterocycles. The first kappa shape index (κ1) is 19.8. The third-order valence-electron chi connectivity index (χ3n) is 5.78. The molecule has 0 bridgehead atoms. The molecule has 2 fully saturated rings. The van der Waals surface area contributed by atoms with Crippen LogP contribution < -0.4 is 10.2 Å². The summed E-state index contributed by atoms with van der Waals surface area (Å²) in [5.74, 6) is -0.723. The van der Waals surface area contributed by atoms with Crippen LogP contribution in [0.1, 0.15) is 41.3 Å². The lowest BCUT2D eigenvalue weighted by molar-refractivity contribution is -0.130. The minimum absolute atomic E-state index is 0.0730. The van der Waals surface area contributed by atoms with Crippen molar-refractivity contribution in [2.45, 2.75) is 32.2 Å². The quantitative estimate of drug-likeness (QED) is 0.612. The molecule has 0 saturated carbocycles. The first-order valence-corrected chi connectivity index (χ1v) is 9.94. The Morgan fingerprint density at radius 1 is 1.03 bits per heavy atom. The summed E-state index contributed by atoms with van der Waals surface area (Å²) in [5.41, 5.74) is 1.64. The summed E-state index contributed by atoms with van der Waals surface area (Å²) in [6, 6.07) is 13.5. The molecule has 0 aromatic heterocycles. The van der Waals surface area contributed by atoms with Crippen LogP contribution in [0.2, 0.25) is 0 Å². The van der Waals surface area contributed by atoms with Gasteiger partial charge >= 0.3 is 6.03 Å². The zero-order valence-electron chi connectivity index (χ0n) is 17.0. The van der Waals surface area contributed by atoms with Gasteiger partial charge in [0.2, 0.25) is 5.91 Å². The van der Waals surface area contributed by atoms with Gasteiger partial charge in [0.25, 0.3) is 5.91 Å². The average molecular weight is 405 g/mol. The van der Waals surface area contributed by atoms with Crippen LogP contribution >= 0.6 is 0 Å². The van der Waals surface area contributed by atoms with E-state index in [1.165, 1.54) is 0 Å². The lowest BCUT2D eigenvalue weighted by atomic mass is 9.91. The number of amides is 4. The number of hydrogen-bond acceptors (Lipinski definition) is 4. The molecule has 7 nitrogen and oxygen atoms in total. The Bertz CT molecular complexity index is 1030. The van der Waals surface area contributed by atoms with Crippen molar-refractivity contribution >= 4 is 29.3 Å². The fraction of sp³-hybridized carbons (Fsp3) is 0.304. The van der Waals surface area contributed by atoms with E-state index >= 15 is 0 Å². The summed E-state index contributed by atoms with van der Waals surface area (Å²) < 4.78 is 0. The summed E-state index contributed by atoms with van der Waals surface area (Å²) >= 11 is 0. The standard InChI is InChI=1S/C23H23N3O4/c1-15-5-9-17(10-6-15)23(2)21(29)26(22(30)24-23)14-19(27)16-7-11-18(12-8-16)25-13-3-4-20(25)28/h5-12H,3-4,13-14H2,1-2H3,(H,24,30). The molecule has 4 rings (SSSR count). The fourth-order valence-electron chi connectivity index (χ4n) is 3.91. The van der Waals surface area contributed by atoms with Crippen molar-refractivity contribution in [3.8, 4) is 0 Å². The average Bonchev–Trinajstić information content (AvgIpc) is 3.25. The smallest absolute Gasteiger partial charge is 0.319 e. The second-order valence-electron chi connectivity index (χ2n) is 7.93. The Labute approximate surface area is 174 Å². The predicted octanol–water partition coefficient (Wildman–Crippen LogP) is 2.77. The maximum absolute atomic E-state index is 13.0. The van der Waals surface area contributed by atoms with Crippen molar-refractivity contribution in [1.29, 1.82) is 0 Å². The van der Waals surface area contributed by atoms with E-state index in [2.05, 4.69) is 5.32 Å². The van der Waals surface area contributed by atoms with Crippen LogP contribution in [-0.2, 0) is 15.1 Å². The molecule has 154 valence electrons. The number of hydrogen-bond donors (Lipinski definition) is 1. The van der Waals surface area contributed by atoms with Gasteiger partial charge in [0, 0.05) is 24.2 Å². The first-order valence-electron chi connectivity index (χ1n) is 9.94. The second-order valence-corrected chi connectivity index (χ2v) is 7.93. The number of nitrogens with one attached hydrogen (secondary N) is 1. The Morgan fingerprint density at radius 3 is 2.30 bits per heavy atom. The molecule has 1 unspecified atom stereocenters. The summed E-state index contributed by atoms with van der Waals surface area (Å²) in [4.78, 5) is 52.7. The number of benzene rings is 2. The molecule has 4 amide bonds. The van der Waals surface area contributed by atoms with Crippen molar-refractivity contribution in [1.82, 2.24) is 10.2 Å². The molecule has 1 atom stereocenters. The number of anilines is 1. The van der Waals surface area contributed by atoms with E-state index in [-0.39, 0.29) is 18.2 Å². The van der Waals surface area contributed by atoms with Crippen molar-refractivity contribution < 1.29 is 19.2 Å². The summed E-state index contributed by atoms with van der Waals surface area (Å²) in [6.45, 7) is 3.92. The van der Waals surface area contributed by atoms with Crippen LogP contribution in [0.15, 0.2) is 48.5 Å². The van der Waals surface area contributed by atoms with Crippen molar-refractivity contribution in [3.63, 3.8) is 0 Å². The van der Waals surface area contributed by atoms with Crippen LogP contribution in [0.5, 0.6) is 0 Å². The van der Waals surface area contributed by atoms with Crippen LogP contribution in [0.4, 0.5) is 10.5 Å². The lowest BCUT2D eigenvalue weighted by Crippen LogP contribution is -2.41. The monoisotopic (exact) mass is 405 g/mol. The predicted molar refractivity (Wildman–Crippen MR) is 111 cm³/mol. The summed E-state index contributed by atoms with van der Waals surface area (Å²) in [5, 5.41) is 2.71. The second kappa shape index (κ2) is 7.40. The van der Waals surface area contributed by atoms with E-state index in [4.69, 9.17) is 0 Å². The Balaban J connectivity index is 1.49. The molecule has 0 radical (unpaired) electrons. The number of Topliss-reactive ketones (excluding diaryl/α,β-unsaturated/α-hetero) is 1. The number of nitrogens with zero attached hydrogens (tertiary/aromatic N) is 2. The van der Waals surface area contributed by atoms with Crippen LogP contribution in [0, 0.1) is 6.92 Å². The number of rotatable bonds is 5. The third kappa shape index (κ3) is 3.36. The Morgan fingerprint density at radius 2 is 1.70 bits per heavy atom. The number of ketones is 1. The number of urea groups is 1. The van der Waals surface area contributed by atoms with Crippen molar-refractivity contribution in [2.24, 2.45) is 0 Å². The number of carbonyl (C=O) groups excluding carboxylic acids is 4. The molecular weight excluding hydrogens is 382 g/mol. The van der Waals surface area contributed by atoms with E-state index in [0.717, 1.165) is 22.6 Å². The molecule has 2 aliphatic rings. The topological polar surface area (TPSA) is 86.8 Å². The third-order valence-corrected chi connectivity index (χ3v) is 5.78. The Kier molecular flexibility index (Phi) is 4.89. The molecular formula is C23H23N3O4. The molecule has 7 heteroatoms. The van der Waals surface area contributed by atoms with Gasteiger partial charge in [0.1, 0.15) is 5.54 Å². The largest absolute Gasteiger partial charge is 0.325 e.